The summed E-state index contributed by atoms with van der Waals surface area (Å²) in [5, 5.41) is 4.13. The molecule has 0 aromatic carbocycles. The van der Waals surface area contributed by atoms with E-state index < -0.39 is 11.9 Å². The first-order chi connectivity index (χ1) is 8.39. The van der Waals surface area contributed by atoms with Crippen molar-refractivity contribution in [3.8, 4) is 0 Å². The summed E-state index contributed by atoms with van der Waals surface area (Å²) in [6, 6.07) is 0.950. The van der Waals surface area contributed by atoms with Crippen molar-refractivity contribution < 1.29 is 4.39 Å². The maximum Gasteiger partial charge on any atom is 0.141 e. The minimum atomic E-state index is -0.442. The molecule has 0 aliphatic heterocycles. The molecular weight excluding hydrogens is 251 g/mol. The average Bonchev–Trinajstić information content (AvgIpc) is 2.76. The van der Waals surface area contributed by atoms with E-state index in [1.54, 1.807) is 6.20 Å². The van der Waals surface area contributed by atoms with Gasteiger partial charge in [0, 0.05) is 11.6 Å². The third-order valence-electron chi connectivity index (χ3n) is 2.59. The maximum atomic E-state index is 13.2. The lowest BCUT2D eigenvalue weighted by atomic mass is 9.89. The van der Waals surface area contributed by atoms with Crippen LogP contribution in [0.25, 0.3) is 0 Å². The summed E-state index contributed by atoms with van der Waals surface area (Å²) < 4.78 is 17.1. The van der Waals surface area contributed by atoms with E-state index in [4.69, 9.17) is 5.73 Å². The van der Waals surface area contributed by atoms with Crippen molar-refractivity contribution in [2.75, 3.05) is 0 Å². The average molecular weight is 266 g/mol. The minimum absolute atomic E-state index is 0.138. The third kappa shape index (κ3) is 2.54. The summed E-state index contributed by atoms with van der Waals surface area (Å²) in [6.07, 6.45) is 2.73. The highest BCUT2D eigenvalue weighted by molar-refractivity contribution is 7.05. The van der Waals surface area contributed by atoms with Crippen LogP contribution in [0.15, 0.2) is 18.5 Å². The van der Waals surface area contributed by atoms with Crippen LogP contribution in [0.5, 0.6) is 0 Å². The van der Waals surface area contributed by atoms with Crippen molar-refractivity contribution in [1.29, 1.82) is 0 Å². The number of aromatic nitrogens is 3. The fourth-order valence-corrected chi connectivity index (χ4v) is 2.56. The SMILES string of the molecule is CC(C)(C)c1nnsc1C(N)c1cncc(F)c1. The van der Waals surface area contributed by atoms with Crippen molar-refractivity contribution in [3.63, 3.8) is 0 Å². The lowest BCUT2D eigenvalue weighted by Crippen LogP contribution is -2.19. The normalized spacial score (nSPS) is 13.6. The van der Waals surface area contributed by atoms with Crippen LogP contribution in [0.2, 0.25) is 0 Å². The van der Waals surface area contributed by atoms with E-state index in [2.05, 4.69) is 14.6 Å². The Hall–Kier alpha value is -1.40. The van der Waals surface area contributed by atoms with Crippen molar-refractivity contribution in [2.24, 2.45) is 5.73 Å². The van der Waals surface area contributed by atoms with Crippen LogP contribution in [0.3, 0.4) is 0 Å². The van der Waals surface area contributed by atoms with Crippen molar-refractivity contribution in [2.45, 2.75) is 32.2 Å². The lowest BCUT2D eigenvalue weighted by molar-refractivity contribution is 0.556. The molecule has 0 saturated carbocycles. The second-order valence-corrected chi connectivity index (χ2v) is 5.94. The number of hydrogen-bond acceptors (Lipinski definition) is 5. The highest BCUT2D eigenvalue weighted by atomic mass is 32.1. The van der Waals surface area contributed by atoms with E-state index in [0.717, 1.165) is 16.8 Å². The zero-order chi connectivity index (χ0) is 13.3. The fourth-order valence-electron chi connectivity index (χ4n) is 1.67. The van der Waals surface area contributed by atoms with Gasteiger partial charge in [-0.1, -0.05) is 25.3 Å². The molecule has 96 valence electrons. The molecule has 0 bridgehead atoms. The van der Waals surface area contributed by atoms with Gasteiger partial charge in [-0.15, -0.1) is 5.10 Å². The Balaban J connectivity index is 2.41. The highest BCUT2D eigenvalue weighted by Crippen LogP contribution is 2.32. The molecule has 2 heterocycles. The predicted octanol–water partition coefficient (Wildman–Crippen LogP) is 2.42. The first-order valence-corrected chi connectivity index (χ1v) is 6.35. The van der Waals surface area contributed by atoms with Crippen molar-refractivity contribution in [3.05, 3.63) is 40.4 Å². The van der Waals surface area contributed by atoms with E-state index in [1.165, 1.54) is 17.6 Å². The Labute approximate surface area is 109 Å². The van der Waals surface area contributed by atoms with E-state index in [-0.39, 0.29) is 5.41 Å². The topological polar surface area (TPSA) is 64.7 Å². The van der Waals surface area contributed by atoms with E-state index in [1.807, 2.05) is 20.8 Å². The molecule has 0 radical (unpaired) electrons. The summed E-state index contributed by atoms with van der Waals surface area (Å²) in [7, 11) is 0. The summed E-state index contributed by atoms with van der Waals surface area (Å²) >= 11 is 1.25. The fraction of sp³-hybridized carbons (Fsp3) is 0.417. The van der Waals surface area contributed by atoms with E-state index >= 15 is 0 Å². The molecule has 0 spiro atoms. The van der Waals surface area contributed by atoms with Gasteiger partial charge >= 0.3 is 0 Å². The number of pyridine rings is 1. The lowest BCUT2D eigenvalue weighted by Gasteiger charge is -2.19. The van der Waals surface area contributed by atoms with Crippen LogP contribution in [-0.2, 0) is 5.41 Å². The van der Waals surface area contributed by atoms with Crippen LogP contribution in [0.1, 0.15) is 42.9 Å². The van der Waals surface area contributed by atoms with Gasteiger partial charge in [0.1, 0.15) is 5.82 Å². The molecule has 0 aliphatic rings. The third-order valence-corrected chi connectivity index (χ3v) is 3.40. The molecule has 0 saturated heterocycles. The number of rotatable bonds is 2. The first kappa shape index (κ1) is 13.0. The Morgan fingerprint density at radius 3 is 2.67 bits per heavy atom. The summed E-state index contributed by atoms with van der Waals surface area (Å²) in [4.78, 5) is 4.67. The number of halogens is 1. The van der Waals surface area contributed by atoms with Gasteiger partial charge in [-0.25, -0.2) is 4.39 Å². The molecule has 4 nitrogen and oxygen atoms in total. The zero-order valence-corrected chi connectivity index (χ0v) is 11.3. The van der Waals surface area contributed by atoms with E-state index in [9.17, 15) is 4.39 Å². The van der Waals surface area contributed by atoms with Crippen LogP contribution < -0.4 is 5.73 Å². The molecular formula is C12H15FN4S. The van der Waals surface area contributed by atoms with Gasteiger partial charge in [0.25, 0.3) is 0 Å². The zero-order valence-electron chi connectivity index (χ0n) is 10.5. The molecule has 1 atom stereocenters. The van der Waals surface area contributed by atoms with Gasteiger partial charge in [0.2, 0.25) is 0 Å². The maximum absolute atomic E-state index is 13.2. The molecule has 2 aromatic rings. The molecule has 2 rings (SSSR count). The van der Waals surface area contributed by atoms with Crippen molar-refractivity contribution >= 4 is 11.5 Å². The molecule has 1 unspecified atom stereocenters. The predicted molar refractivity (Wildman–Crippen MR) is 68.8 cm³/mol. The van der Waals surface area contributed by atoms with Gasteiger partial charge in [0.05, 0.1) is 22.8 Å². The molecule has 0 aliphatic carbocycles. The monoisotopic (exact) mass is 266 g/mol. The summed E-state index contributed by atoms with van der Waals surface area (Å²) in [6.45, 7) is 6.14. The Morgan fingerprint density at radius 2 is 2.06 bits per heavy atom. The van der Waals surface area contributed by atoms with Crippen LogP contribution in [0, 0.1) is 5.82 Å². The number of nitrogens with two attached hydrogens (primary N) is 1. The molecule has 2 aromatic heterocycles. The highest BCUT2D eigenvalue weighted by Gasteiger charge is 2.26. The van der Waals surface area contributed by atoms with E-state index in [0.29, 0.717) is 5.56 Å². The molecule has 18 heavy (non-hydrogen) atoms. The van der Waals surface area contributed by atoms with Gasteiger partial charge in [-0.3, -0.25) is 4.98 Å². The van der Waals surface area contributed by atoms with Crippen LogP contribution in [0.4, 0.5) is 4.39 Å². The number of nitrogens with zero attached hydrogens (tertiary/aromatic N) is 3. The quantitative estimate of drug-likeness (QED) is 0.906. The second kappa shape index (κ2) is 4.70. The molecule has 0 amide bonds. The Morgan fingerprint density at radius 1 is 1.33 bits per heavy atom. The summed E-state index contributed by atoms with van der Waals surface area (Å²) in [5.41, 5.74) is 7.49. The molecule has 0 fully saturated rings. The van der Waals surface area contributed by atoms with Crippen LogP contribution in [-0.4, -0.2) is 14.6 Å². The minimum Gasteiger partial charge on any atom is -0.319 e. The Kier molecular flexibility index (Phi) is 3.41. The number of hydrogen-bond donors (Lipinski definition) is 1. The standard InChI is InChI=1S/C12H15FN4S/c1-12(2,3)11-10(18-17-16-11)9(14)7-4-8(13)6-15-5-7/h4-6,9H,14H2,1-3H3. The van der Waals surface area contributed by atoms with Gasteiger partial charge in [-0.2, -0.15) is 0 Å². The van der Waals surface area contributed by atoms with Gasteiger partial charge in [0.15, 0.2) is 0 Å². The largest absolute Gasteiger partial charge is 0.319 e. The molecule has 2 N–H and O–H groups in total. The van der Waals surface area contributed by atoms with Gasteiger partial charge < -0.3 is 5.73 Å². The Bertz CT molecular complexity index is 547. The van der Waals surface area contributed by atoms with Gasteiger partial charge in [-0.05, 0) is 23.2 Å². The second-order valence-electron chi connectivity index (χ2n) is 5.15. The first-order valence-electron chi connectivity index (χ1n) is 5.58. The van der Waals surface area contributed by atoms with Crippen LogP contribution >= 0.6 is 11.5 Å². The molecule has 6 heteroatoms. The smallest absolute Gasteiger partial charge is 0.141 e. The summed E-state index contributed by atoms with van der Waals surface area (Å²) in [5.74, 6) is -0.391. The van der Waals surface area contributed by atoms with Crippen molar-refractivity contribution in [1.82, 2.24) is 14.6 Å².